The number of aryl methyl sites for hydroxylation is 1. The topological polar surface area (TPSA) is 189 Å². The van der Waals surface area contributed by atoms with Gasteiger partial charge in [0.15, 0.2) is 5.60 Å². The number of nitrogens with one attached hydrogen (secondary N) is 3. The van der Waals surface area contributed by atoms with Crippen LogP contribution in [0.2, 0.25) is 0 Å². The number of halogens is 1. The average Bonchev–Trinajstić information content (AvgIpc) is 3.38. The van der Waals surface area contributed by atoms with Crippen LogP contribution in [0.3, 0.4) is 0 Å². The molecule has 45 heavy (non-hydrogen) atoms. The number of rotatable bonds is 8. The van der Waals surface area contributed by atoms with Crippen molar-refractivity contribution in [3.63, 3.8) is 0 Å². The third kappa shape index (κ3) is 4.98. The maximum atomic E-state index is 15.1. The second-order valence-electron chi connectivity index (χ2n) is 11.6. The molecule has 5 N–H and O–H groups in total. The van der Waals surface area contributed by atoms with Crippen molar-refractivity contribution in [3.8, 4) is 11.4 Å². The van der Waals surface area contributed by atoms with Gasteiger partial charge >= 0.3 is 12.1 Å². The lowest BCUT2D eigenvalue weighted by atomic mass is 9.81. The third-order valence-electron chi connectivity index (χ3n) is 9.02. The van der Waals surface area contributed by atoms with Gasteiger partial charge in [-0.1, -0.05) is 6.92 Å². The number of carboxylic acid groups (broad SMARTS) is 1. The first-order chi connectivity index (χ1) is 21.4. The molecule has 2 aromatic heterocycles. The quantitative estimate of drug-likeness (QED) is 0.144. The number of nitrogens with zero attached hydrogens (tertiary/aromatic N) is 2. The van der Waals surface area contributed by atoms with Crippen LogP contribution < -0.4 is 21.5 Å². The third-order valence-corrected chi connectivity index (χ3v) is 9.02. The number of carbonyl (C=O) groups excluding carboxylic acids is 3. The molecule has 0 saturated heterocycles. The Balaban J connectivity index is 1.35. The fourth-order valence-electron chi connectivity index (χ4n) is 6.66. The van der Waals surface area contributed by atoms with Crippen LogP contribution >= 0.6 is 0 Å². The molecule has 3 amide bonds. The fraction of sp³-hybridized carbons (Fsp3) is 0.419. The zero-order chi connectivity index (χ0) is 32.2. The van der Waals surface area contributed by atoms with Gasteiger partial charge in [-0.3, -0.25) is 14.4 Å². The highest BCUT2D eigenvalue weighted by atomic mass is 19.1. The number of cyclic esters (lactones) is 1. The van der Waals surface area contributed by atoms with Gasteiger partial charge in [-0.15, -0.1) is 0 Å². The molecular weight excluding hydrogens is 589 g/mol. The Morgan fingerprint density at radius 3 is 2.67 bits per heavy atom. The lowest BCUT2D eigenvalue weighted by Crippen LogP contribution is -2.44. The highest BCUT2D eigenvalue weighted by molar-refractivity contribution is 5.94. The van der Waals surface area contributed by atoms with Crippen molar-refractivity contribution in [2.45, 2.75) is 70.7 Å². The van der Waals surface area contributed by atoms with Crippen LogP contribution in [-0.2, 0) is 44.3 Å². The number of aromatic nitrogens is 2. The van der Waals surface area contributed by atoms with Crippen molar-refractivity contribution in [2.75, 3.05) is 13.1 Å². The maximum absolute atomic E-state index is 15.1. The lowest BCUT2D eigenvalue weighted by molar-refractivity contribution is -0.172. The molecule has 0 saturated carbocycles. The molecule has 6 rings (SSSR count). The molecule has 3 aliphatic rings. The molecule has 3 aromatic rings. The summed E-state index contributed by atoms with van der Waals surface area (Å²) in [5.74, 6) is -2.03. The molecule has 0 bridgehead atoms. The maximum Gasteiger partial charge on any atom is 0.405 e. The zero-order valence-corrected chi connectivity index (χ0v) is 24.7. The summed E-state index contributed by atoms with van der Waals surface area (Å²) in [6.45, 7) is 2.98. The van der Waals surface area contributed by atoms with Crippen LogP contribution in [0.5, 0.6) is 0 Å². The van der Waals surface area contributed by atoms with E-state index in [1.54, 1.807) is 19.9 Å². The van der Waals surface area contributed by atoms with Gasteiger partial charge in [0, 0.05) is 35.5 Å². The highest BCUT2D eigenvalue weighted by Crippen LogP contribution is 2.45. The summed E-state index contributed by atoms with van der Waals surface area (Å²) in [5.41, 5.74) is 1.87. The molecule has 0 spiro atoms. The molecule has 2 atom stereocenters. The summed E-state index contributed by atoms with van der Waals surface area (Å²) in [7, 11) is 0. The normalized spacial score (nSPS) is 19.3. The SMILES string of the molecule is CC[C@@]1(O)C(=O)OCc2c1cc1n(c2=O)Cc2c-1nc1cc(F)c(C)c3c1c2[C@@H](NC(=O)CCCNC(=O)CNC(=O)O)CC3. The van der Waals surface area contributed by atoms with Gasteiger partial charge in [0.1, 0.15) is 12.4 Å². The molecule has 0 radical (unpaired) electrons. The Morgan fingerprint density at radius 1 is 1.16 bits per heavy atom. The summed E-state index contributed by atoms with van der Waals surface area (Å²) in [6, 6.07) is 2.48. The van der Waals surface area contributed by atoms with Crippen LogP contribution in [0, 0.1) is 12.7 Å². The largest absolute Gasteiger partial charge is 0.465 e. The summed E-state index contributed by atoms with van der Waals surface area (Å²) in [4.78, 5) is 66.5. The number of amides is 3. The number of hydrogen-bond acceptors (Lipinski definition) is 8. The van der Waals surface area contributed by atoms with Crippen molar-refractivity contribution >= 4 is 34.8 Å². The first kappa shape index (κ1) is 30.2. The minimum atomic E-state index is -1.99. The molecule has 1 aliphatic carbocycles. The van der Waals surface area contributed by atoms with E-state index < -0.39 is 41.0 Å². The zero-order valence-electron chi connectivity index (χ0n) is 24.7. The van der Waals surface area contributed by atoms with E-state index in [0.717, 1.165) is 16.5 Å². The Morgan fingerprint density at radius 2 is 1.93 bits per heavy atom. The Hall–Kier alpha value is -4.85. The smallest absolute Gasteiger partial charge is 0.405 e. The molecule has 14 heteroatoms. The molecule has 0 unspecified atom stereocenters. The first-order valence-electron chi connectivity index (χ1n) is 14.8. The fourth-order valence-corrected chi connectivity index (χ4v) is 6.66. The van der Waals surface area contributed by atoms with Crippen LogP contribution in [0.4, 0.5) is 9.18 Å². The van der Waals surface area contributed by atoms with Gasteiger partial charge in [-0.05, 0) is 55.4 Å². The average molecular weight is 622 g/mol. The Labute approximate surface area is 255 Å². The summed E-state index contributed by atoms with van der Waals surface area (Å²) < 4.78 is 21.8. The van der Waals surface area contributed by atoms with Crippen LogP contribution in [0.1, 0.15) is 72.0 Å². The minimum absolute atomic E-state index is 0.00413. The van der Waals surface area contributed by atoms with E-state index in [9.17, 15) is 29.1 Å². The van der Waals surface area contributed by atoms with E-state index >= 15 is 4.39 Å². The molecule has 1 aromatic carbocycles. The number of benzene rings is 1. The van der Waals surface area contributed by atoms with Crippen molar-refractivity contribution in [2.24, 2.45) is 0 Å². The molecule has 0 fully saturated rings. The van der Waals surface area contributed by atoms with E-state index in [2.05, 4.69) is 10.6 Å². The summed E-state index contributed by atoms with van der Waals surface area (Å²) >= 11 is 0. The number of carbonyl (C=O) groups is 4. The van der Waals surface area contributed by atoms with Crippen molar-refractivity contribution < 1.29 is 38.5 Å². The van der Waals surface area contributed by atoms with E-state index in [-0.39, 0.29) is 56.1 Å². The monoisotopic (exact) mass is 621 g/mol. The summed E-state index contributed by atoms with van der Waals surface area (Å²) in [5, 5.41) is 28.2. The van der Waals surface area contributed by atoms with Gasteiger partial charge in [-0.2, -0.15) is 0 Å². The van der Waals surface area contributed by atoms with Gasteiger partial charge in [0.05, 0.1) is 41.6 Å². The van der Waals surface area contributed by atoms with E-state index in [0.29, 0.717) is 47.3 Å². The van der Waals surface area contributed by atoms with Crippen LogP contribution in [-0.4, -0.2) is 56.7 Å². The predicted octanol–water partition coefficient (Wildman–Crippen LogP) is 1.79. The summed E-state index contributed by atoms with van der Waals surface area (Å²) in [6.07, 6.45) is 0.0600. The van der Waals surface area contributed by atoms with E-state index in [4.69, 9.17) is 14.8 Å². The van der Waals surface area contributed by atoms with Gasteiger partial charge in [0.2, 0.25) is 11.8 Å². The molecular formula is C31H32FN5O8. The van der Waals surface area contributed by atoms with Gasteiger partial charge in [-0.25, -0.2) is 19.0 Å². The van der Waals surface area contributed by atoms with E-state index in [1.165, 1.54) is 10.6 Å². The molecule has 13 nitrogen and oxygen atoms in total. The molecule has 2 aliphatic heterocycles. The Bertz CT molecular complexity index is 1870. The molecule has 4 heterocycles. The lowest BCUT2D eigenvalue weighted by Gasteiger charge is -2.31. The van der Waals surface area contributed by atoms with Crippen molar-refractivity contribution in [3.05, 3.63) is 61.7 Å². The van der Waals surface area contributed by atoms with Crippen molar-refractivity contribution in [1.29, 1.82) is 0 Å². The van der Waals surface area contributed by atoms with Gasteiger partial charge in [0.25, 0.3) is 5.56 Å². The number of fused-ring (bicyclic) bond motifs is 5. The van der Waals surface area contributed by atoms with Crippen LogP contribution in [0.25, 0.3) is 22.3 Å². The number of esters is 1. The molecule has 236 valence electrons. The van der Waals surface area contributed by atoms with Crippen LogP contribution in [0.15, 0.2) is 16.9 Å². The first-order valence-corrected chi connectivity index (χ1v) is 14.8. The number of hydrogen-bond donors (Lipinski definition) is 5. The predicted molar refractivity (Wildman–Crippen MR) is 157 cm³/mol. The number of aliphatic hydroxyl groups is 1. The van der Waals surface area contributed by atoms with Gasteiger partial charge < -0.3 is 35.5 Å². The standard InChI is InChI=1S/C31H32FN5O8/c1-3-31(44)18-9-22-27-16(12-37(22)28(40)17(18)13-45-29(31)41)26-20(7-6-15-14(2)19(32)10-21(36-27)25(15)26)35-23(38)5-4-8-33-24(39)11-34-30(42)43/h9-10,20,34,44H,3-8,11-13H2,1-2H3,(H,33,39)(H,35,38)(H,42,43)/t20-,31-/m0/s1. The number of pyridine rings is 2. The second kappa shape index (κ2) is 11.3. The highest BCUT2D eigenvalue weighted by Gasteiger charge is 2.46. The van der Waals surface area contributed by atoms with E-state index in [1.807, 2.05) is 5.32 Å². The number of ether oxygens (including phenoxy) is 1. The second-order valence-corrected chi connectivity index (χ2v) is 11.6. The Kier molecular flexibility index (Phi) is 7.55. The minimum Gasteiger partial charge on any atom is -0.465 e. The van der Waals surface area contributed by atoms with Crippen molar-refractivity contribution in [1.82, 2.24) is 25.5 Å².